The molecule has 0 aliphatic rings. The van der Waals surface area contributed by atoms with E-state index in [1.807, 2.05) is 20.8 Å². The molecule has 1 rings (SSSR count). The van der Waals surface area contributed by atoms with Gasteiger partial charge in [-0.05, 0) is 17.5 Å². The van der Waals surface area contributed by atoms with Crippen molar-refractivity contribution in [3.63, 3.8) is 0 Å². The van der Waals surface area contributed by atoms with Gasteiger partial charge in [0.25, 0.3) is 5.69 Å². The van der Waals surface area contributed by atoms with Gasteiger partial charge in [0.15, 0.2) is 0 Å². The molecular formula is C12H16ClN3O3. The van der Waals surface area contributed by atoms with Crippen LogP contribution >= 0.6 is 11.6 Å². The van der Waals surface area contributed by atoms with Crippen molar-refractivity contribution < 1.29 is 9.72 Å². The van der Waals surface area contributed by atoms with Crippen LogP contribution in [0.5, 0.6) is 0 Å². The molecule has 0 heterocycles. The molecule has 6 nitrogen and oxygen atoms in total. The van der Waals surface area contributed by atoms with Crippen molar-refractivity contribution in [3.8, 4) is 0 Å². The van der Waals surface area contributed by atoms with Crippen LogP contribution in [-0.4, -0.2) is 16.9 Å². The second-order valence-corrected chi connectivity index (χ2v) is 5.69. The molecule has 1 amide bonds. The van der Waals surface area contributed by atoms with Crippen LogP contribution in [0.2, 0.25) is 5.02 Å². The molecule has 0 bridgehead atoms. The summed E-state index contributed by atoms with van der Waals surface area (Å²) in [6, 6.07) is 3.25. The van der Waals surface area contributed by atoms with Crippen molar-refractivity contribution in [2.24, 2.45) is 11.1 Å². The lowest BCUT2D eigenvalue weighted by atomic mass is 9.87. The molecule has 104 valence electrons. The number of nitrogens with zero attached hydrogens (tertiary/aromatic N) is 1. The summed E-state index contributed by atoms with van der Waals surface area (Å²) >= 11 is 5.69. The van der Waals surface area contributed by atoms with Crippen LogP contribution < -0.4 is 11.1 Å². The van der Waals surface area contributed by atoms with Gasteiger partial charge in [-0.25, -0.2) is 0 Å². The summed E-state index contributed by atoms with van der Waals surface area (Å²) in [6.45, 7) is 5.44. The highest BCUT2D eigenvalue weighted by Crippen LogP contribution is 2.28. The number of halogens is 1. The number of hydrogen-bond acceptors (Lipinski definition) is 4. The monoisotopic (exact) mass is 285 g/mol. The lowest BCUT2D eigenvalue weighted by Gasteiger charge is -2.25. The quantitative estimate of drug-likeness (QED) is 0.658. The minimum absolute atomic E-state index is 0.0825. The topological polar surface area (TPSA) is 98.3 Å². The molecule has 0 saturated carbocycles. The van der Waals surface area contributed by atoms with Crippen molar-refractivity contribution in [1.29, 1.82) is 0 Å². The van der Waals surface area contributed by atoms with Crippen molar-refractivity contribution in [2.75, 3.05) is 5.32 Å². The standard InChI is InChI=1S/C12H16ClN3O3/c1-12(2,3)10(14)11(17)15-8-5-4-7(13)6-9(8)16(18)19/h4-6,10H,14H2,1-3H3,(H,15,17). The number of amides is 1. The van der Waals surface area contributed by atoms with E-state index in [4.69, 9.17) is 17.3 Å². The molecule has 1 unspecified atom stereocenters. The Balaban J connectivity index is 3.00. The summed E-state index contributed by atoms with van der Waals surface area (Å²) in [5.74, 6) is -0.474. The number of hydrogen-bond donors (Lipinski definition) is 2. The molecule has 7 heteroatoms. The minimum atomic E-state index is -0.775. The van der Waals surface area contributed by atoms with Crippen LogP contribution in [0.4, 0.5) is 11.4 Å². The van der Waals surface area contributed by atoms with E-state index in [2.05, 4.69) is 5.32 Å². The average molecular weight is 286 g/mol. The maximum atomic E-state index is 11.9. The Hall–Kier alpha value is -1.66. The van der Waals surface area contributed by atoms with Crippen molar-refractivity contribution in [2.45, 2.75) is 26.8 Å². The maximum Gasteiger partial charge on any atom is 0.294 e. The molecule has 3 N–H and O–H groups in total. The second-order valence-electron chi connectivity index (χ2n) is 5.25. The van der Waals surface area contributed by atoms with Gasteiger partial charge in [0.05, 0.1) is 11.0 Å². The fourth-order valence-corrected chi connectivity index (χ4v) is 1.53. The number of nitro groups is 1. The minimum Gasteiger partial charge on any atom is -0.319 e. The van der Waals surface area contributed by atoms with Gasteiger partial charge in [-0.2, -0.15) is 0 Å². The largest absolute Gasteiger partial charge is 0.319 e. The third-order valence-corrected chi connectivity index (χ3v) is 2.86. The second kappa shape index (κ2) is 5.54. The highest BCUT2D eigenvalue weighted by Gasteiger charge is 2.28. The predicted octanol–water partition coefficient (Wildman–Crippen LogP) is 2.56. The van der Waals surface area contributed by atoms with Crippen LogP contribution in [0.25, 0.3) is 0 Å². The molecule has 19 heavy (non-hydrogen) atoms. The van der Waals surface area contributed by atoms with Crippen LogP contribution in [0, 0.1) is 15.5 Å². The Bertz CT molecular complexity index is 511. The first kappa shape index (κ1) is 15.4. The van der Waals surface area contributed by atoms with E-state index in [-0.39, 0.29) is 16.4 Å². The summed E-state index contributed by atoms with van der Waals surface area (Å²) in [6.07, 6.45) is 0. The summed E-state index contributed by atoms with van der Waals surface area (Å²) < 4.78 is 0. The molecular weight excluding hydrogens is 270 g/mol. The number of nitrogens with two attached hydrogens (primary N) is 1. The Morgan fingerprint density at radius 2 is 2.05 bits per heavy atom. The van der Waals surface area contributed by atoms with Gasteiger partial charge >= 0.3 is 0 Å². The first-order valence-electron chi connectivity index (χ1n) is 5.63. The first-order valence-corrected chi connectivity index (χ1v) is 6.01. The van der Waals surface area contributed by atoms with Crippen molar-refractivity contribution in [3.05, 3.63) is 33.3 Å². The fourth-order valence-electron chi connectivity index (χ4n) is 1.37. The summed E-state index contributed by atoms with van der Waals surface area (Å²) in [4.78, 5) is 22.2. The lowest BCUT2D eigenvalue weighted by molar-refractivity contribution is -0.383. The first-order chi connectivity index (χ1) is 8.62. The molecule has 0 saturated heterocycles. The molecule has 1 aromatic rings. The van der Waals surface area contributed by atoms with E-state index in [1.165, 1.54) is 18.2 Å². The third-order valence-electron chi connectivity index (χ3n) is 2.63. The zero-order valence-electron chi connectivity index (χ0n) is 10.9. The van der Waals surface area contributed by atoms with Crippen LogP contribution in [0.1, 0.15) is 20.8 Å². The Morgan fingerprint density at radius 1 is 1.47 bits per heavy atom. The SMILES string of the molecule is CC(C)(C)C(N)C(=O)Nc1ccc(Cl)cc1[N+](=O)[O-]. The van der Waals surface area contributed by atoms with Gasteiger partial charge in [-0.3, -0.25) is 14.9 Å². The number of rotatable bonds is 3. The molecule has 0 spiro atoms. The highest BCUT2D eigenvalue weighted by molar-refractivity contribution is 6.31. The Kier molecular flexibility index (Phi) is 4.49. The van der Waals surface area contributed by atoms with E-state index in [1.54, 1.807) is 0 Å². The Labute approximate surface area is 116 Å². The molecule has 0 radical (unpaired) electrons. The van der Waals surface area contributed by atoms with Gasteiger partial charge < -0.3 is 11.1 Å². The fraction of sp³-hybridized carbons (Fsp3) is 0.417. The van der Waals surface area contributed by atoms with E-state index >= 15 is 0 Å². The van der Waals surface area contributed by atoms with E-state index in [0.717, 1.165) is 0 Å². The molecule has 0 aliphatic heterocycles. The van der Waals surface area contributed by atoms with Gasteiger partial charge in [-0.1, -0.05) is 32.4 Å². The third kappa shape index (κ3) is 3.90. The molecule has 0 aromatic heterocycles. The van der Waals surface area contributed by atoms with Crippen LogP contribution in [0.15, 0.2) is 18.2 Å². The van der Waals surface area contributed by atoms with Gasteiger partial charge in [-0.15, -0.1) is 0 Å². The number of carbonyl (C=O) groups excluding carboxylic acids is 1. The zero-order chi connectivity index (χ0) is 14.8. The van der Waals surface area contributed by atoms with E-state index < -0.39 is 22.3 Å². The predicted molar refractivity (Wildman–Crippen MR) is 74.2 cm³/mol. The van der Waals surface area contributed by atoms with Gasteiger partial charge in [0, 0.05) is 11.1 Å². The summed E-state index contributed by atoms with van der Waals surface area (Å²) in [7, 11) is 0. The van der Waals surface area contributed by atoms with E-state index in [9.17, 15) is 14.9 Å². The number of carbonyl (C=O) groups is 1. The highest BCUT2D eigenvalue weighted by atomic mass is 35.5. The Morgan fingerprint density at radius 3 is 2.53 bits per heavy atom. The van der Waals surface area contributed by atoms with Crippen LogP contribution in [-0.2, 0) is 4.79 Å². The van der Waals surface area contributed by atoms with Crippen molar-refractivity contribution >= 4 is 28.9 Å². The molecule has 1 aromatic carbocycles. The number of nitrogens with one attached hydrogen (secondary N) is 1. The van der Waals surface area contributed by atoms with Gasteiger partial charge in [0.1, 0.15) is 5.69 Å². The molecule has 0 aliphatic carbocycles. The van der Waals surface area contributed by atoms with E-state index in [0.29, 0.717) is 0 Å². The zero-order valence-corrected chi connectivity index (χ0v) is 11.7. The number of nitro benzene ring substituents is 1. The average Bonchev–Trinajstić information content (AvgIpc) is 2.28. The maximum absolute atomic E-state index is 11.9. The number of anilines is 1. The van der Waals surface area contributed by atoms with Crippen LogP contribution in [0.3, 0.4) is 0 Å². The van der Waals surface area contributed by atoms with Crippen molar-refractivity contribution in [1.82, 2.24) is 0 Å². The smallest absolute Gasteiger partial charge is 0.294 e. The molecule has 0 fully saturated rings. The lowest BCUT2D eigenvalue weighted by Crippen LogP contribution is -2.45. The van der Waals surface area contributed by atoms with Gasteiger partial charge in [0.2, 0.25) is 5.91 Å². The summed E-state index contributed by atoms with van der Waals surface area (Å²) in [5, 5.41) is 13.6. The normalized spacial score (nSPS) is 12.9. The number of benzene rings is 1. The summed E-state index contributed by atoms with van der Waals surface area (Å²) in [5.41, 5.74) is 5.17. The molecule has 1 atom stereocenters.